The topological polar surface area (TPSA) is 80.6 Å². The van der Waals surface area contributed by atoms with Gasteiger partial charge in [0.05, 0.1) is 17.7 Å². The lowest BCUT2D eigenvalue weighted by Crippen LogP contribution is -2.32. The Morgan fingerprint density at radius 1 is 1.32 bits per heavy atom. The van der Waals surface area contributed by atoms with Gasteiger partial charge in [-0.3, -0.25) is 0 Å². The molecule has 1 N–H and O–H groups in total. The van der Waals surface area contributed by atoms with Crippen LogP contribution < -0.4 is 10.1 Å². The van der Waals surface area contributed by atoms with E-state index in [0.717, 1.165) is 5.75 Å². The number of nitrogens with one attached hydrogen (secondary N) is 1. The minimum Gasteiger partial charge on any atom is -0.491 e. The zero-order valence-electron chi connectivity index (χ0n) is 14.8. The van der Waals surface area contributed by atoms with E-state index in [1.165, 1.54) is 11.8 Å². The number of benzene rings is 1. The fraction of sp³-hybridized carbons (Fsp3) is 0.444. The zero-order valence-corrected chi connectivity index (χ0v) is 15.6. The number of thioether (sulfide) groups is 1. The third kappa shape index (κ3) is 7.96. The molecule has 0 aliphatic rings. The van der Waals surface area contributed by atoms with Crippen LogP contribution in [-0.4, -0.2) is 44.7 Å². The Morgan fingerprint density at radius 3 is 2.64 bits per heavy atom. The lowest BCUT2D eigenvalue weighted by atomic mass is 10.3. The van der Waals surface area contributed by atoms with Gasteiger partial charge in [0.1, 0.15) is 25.0 Å². The Morgan fingerprint density at radius 2 is 2.04 bits per heavy atom. The van der Waals surface area contributed by atoms with Gasteiger partial charge in [0, 0.05) is 6.61 Å². The van der Waals surface area contributed by atoms with Gasteiger partial charge in [0.25, 0.3) is 0 Å². The van der Waals surface area contributed by atoms with Crippen LogP contribution in [0.4, 0.5) is 0 Å². The Balaban J connectivity index is 2.61. The monoisotopic (exact) mass is 364 g/mol. The van der Waals surface area contributed by atoms with Gasteiger partial charge in [-0.25, -0.2) is 4.79 Å². The van der Waals surface area contributed by atoms with Crippen LogP contribution in [0, 0.1) is 11.3 Å². The van der Waals surface area contributed by atoms with Crippen LogP contribution in [0.25, 0.3) is 0 Å². The van der Waals surface area contributed by atoms with Gasteiger partial charge in [-0.1, -0.05) is 18.2 Å². The van der Waals surface area contributed by atoms with Crippen molar-refractivity contribution >= 4 is 17.7 Å². The number of ether oxygens (including phenoxy) is 3. The Kier molecular flexibility index (Phi) is 10.2. The predicted molar refractivity (Wildman–Crippen MR) is 98.1 cm³/mol. The lowest BCUT2D eigenvalue weighted by molar-refractivity contribution is -0.140. The molecular formula is C18H24N2O4S. The van der Waals surface area contributed by atoms with E-state index in [2.05, 4.69) is 5.32 Å². The summed E-state index contributed by atoms with van der Waals surface area (Å²) >= 11 is 1.28. The number of hydrogen-bond acceptors (Lipinski definition) is 7. The molecule has 136 valence electrons. The van der Waals surface area contributed by atoms with Gasteiger partial charge < -0.3 is 19.5 Å². The van der Waals surface area contributed by atoms with E-state index < -0.39 is 5.97 Å². The summed E-state index contributed by atoms with van der Waals surface area (Å²) in [6.07, 6.45) is 1.79. The van der Waals surface area contributed by atoms with Crippen molar-refractivity contribution in [1.29, 1.82) is 5.26 Å². The molecule has 0 spiro atoms. The van der Waals surface area contributed by atoms with Gasteiger partial charge in [-0.05, 0) is 32.2 Å². The molecule has 0 bridgehead atoms. The maximum atomic E-state index is 12.1. The number of esters is 1. The minimum atomic E-state index is -0.657. The lowest BCUT2D eigenvalue weighted by Gasteiger charge is -2.18. The normalized spacial score (nSPS) is 12.6. The molecule has 25 heavy (non-hydrogen) atoms. The van der Waals surface area contributed by atoms with Crippen LogP contribution in [0.3, 0.4) is 0 Å². The molecule has 0 aliphatic heterocycles. The van der Waals surface area contributed by atoms with Crippen molar-refractivity contribution < 1.29 is 19.0 Å². The van der Waals surface area contributed by atoms with Crippen molar-refractivity contribution in [2.75, 3.05) is 32.7 Å². The third-order valence-corrected chi connectivity index (χ3v) is 3.76. The molecule has 6 nitrogen and oxygen atoms in total. The van der Waals surface area contributed by atoms with Crippen LogP contribution in [0.1, 0.15) is 13.8 Å². The standard InChI is InChI=1S/C18H24N2O4S/c1-4-22-10-11-23-18(21)16(12-19)17(25-3)20-14(2)13-24-15-8-6-5-7-9-15/h5-9,14,20H,4,10-11,13H2,1-3H3/b17-16+. The second-order valence-electron chi connectivity index (χ2n) is 5.02. The first-order valence-electron chi connectivity index (χ1n) is 8.00. The first kappa shape index (κ1) is 20.9. The van der Waals surface area contributed by atoms with Crippen molar-refractivity contribution in [3.63, 3.8) is 0 Å². The number of nitrogens with zero attached hydrogens (tertiary/aromatic N) is 1. The molecule has 0 saturated carbocycles. The van der Waals surface area contributed by atoms with Crippen molar-refractivity contribution in [2.24, 2.45) is 0 Å². The fourth-order valence-electron chi connectivity index (χ4n) is 1.84. The molecule has 7 heteroatoms. The maximum absolute atomic E-state index is 12.1. The highest BCUT2D eigenvalue weighted by atomic mass is 32.2. The van der Waals surface area contributed by atoms with Gasteiger partial charge in [0.15, 0.2) is 5.57 Å². The zero-order chi connectivity index (χ0) is 18.5. The van der Waals surface area contributed by atoms with Crippen LogP contribution >= 0.6 is 11.8 Å². The maximum Gasteiger partial charge on any atom is 0.351 e. The summed E-state index contributed by atoms with van der Waals surface area (Å²) in [5, 5.41) is 12.9. The van der Waals surface area contributed by atoms with Crippen LogP contribution in [0.5, 0.6) is 5.75 Å². The first-order chi connectivity index (χ1) is 12.1. The van der Waals surface area contributed by atoms with Crippen LogP contribution in [-0.2, 0) is 14.3 Å². The minimum absolute atomic E-state index is 0.0458. The molecule has 0 heterocycles. The van der Waals surface area contributed by atoms with E-state index in [9.17, 15) is 10.1 Å². The average Bonchev–Trinajstić information content (AvgIpc) is 2.64. The molecule has 0 fully saturated rings. The molecule has 1 rings (SSSR count). The average molecular weight is 364 g/mol. The molecule has 1 aromatic carbocycles. The molecule has 0 radical (unpaired) electrons. The number of para-hydroxylation sites is 1. The van der Waals surface area contributed by atoms with Crippen LogP contribution in [0.15, 0.2) is 40.9 Å². The van der Waals surface area contributed by atoms with E-state index in [4.69, 9.17) is 14.2 Å². The van der Waals surface area contributed by atoms with E-state index in [0.29, 0.717) is 24.8 Å². The molecule has 0 aromatic heterocycles. The Bertz CT molecular complexity index is 599. The van der Waals surface area contributed by atoms with E-state index in [1.54, 1.807) is 6.26 Å². The Labute approximate surface area is 153 Å². The van der Waals surface area contributed by atoms with Gasteiger partial charge >= 0.3 is 5.97 Å². The highest BCUT2D eigenvalue weighted by Crippen LogP contribution is 2.16. The van der Waals surface area contributed by atoms with E-state index in [-0.39, 0.29) is 18.2 Å². The summed E-state index contributed by atoms with van der Waals surface area (Å²) < 4.78 is 15.8. The summed E-state index contributed by atoms with van der Waals surface area (Å²) in [5.41, 5.74) is -0.0458. The molecule has 0 saturated heterocycles. The first-order valence-corrected chi connectivity index (χ1v) is 9.22. The fourth-order valence-corrected chi connectivity index (χ4v) is 2.49. The van der Waals surface area contributed by atoms with E-state index in [1.807, 2.05) is 50.2 Å². The van der Waals surface area contributed by atoms with Crippen molar-refractivity contribution in [3.8, 4) is 11.8 Å². The smallest absolute Gasteiger partial charge is 0.351 e. The van der Waals surface area contributed by atoms with Gasteiger partial charge in [-0.2, -0.15) is 5.26 Å². The highest BCUT2D eigenvalue weighted by molar-refractivity contribution is 8.02. The number of rotatable bonds is 11. The summed E-state index contributed by atoms with van der Waals surface area (Å²) in [6, 6.07) is 11.3. The predicted octanol–water partition coefficient (Wildman–Crippen LogP) is 2.72. The molecule has 1 unspecified atom stereocenters. The summed E-state index contributed by atoms with van der Waals surface area (Å²) in [4.78, 5) is 12.1. The highest BCUT2D eigenvalue weighted by Gasteiger charge is 2.18. The summed E-state index contributed by atoms with van der Waals surface area (Å²) in [6.45, 7) is 5.14. The Hall–Kier alpha value is -2.17. The summed E-state index contributed by atoms with van der Waals surface area (Å²) in [5.74, 6) is 0.108. The molecule has 1 atom stereocenters. The third-order valence-electron chi connectivity index (χ3n) is 3.03. The summed E-state index contributed by atoms with van der Waals surface area (Å²) in [7, 11) is 0. The van der Waals surface area contributed by atoms with Crippen molar-refractivity contribution in [3.05, 3.63) is 40.9 Å². The van der Waals surface area contributed by atoms with Gasteiger partial charge in [-0.15, -0.1) is 11.8 Å². The molecule has 0 amide bonds. The second-order valence-corrected chi connectivity index (χ2v) is 5.84. The largest absolute Gasteiger partial charge is 0.491 e. The van der Waals surface area contributed by atoms with Crippen molar-refractivity contribution in [1.82, 2.24) is 5.32 Å². The quantitative estimate of drug-likeness (QED) is 0.280. The van der Waals surface area contributed by atoms with E-state index >= 15 is 0 Å². The van der Waals surface area contributed by atoms with Crippen LogP contribution in [0.2, 0.25) is 0 Å². The second kappa shape index (κ2) is 12.2. The number of carbonyl (C=O) groups is 1. The molecule has 0 aliphatic carbocycles. The van der Waals surface area contributed by atoms with Gasteiger partial charge in [0.2, 0.25) is 0 Å². The molecular weight excluding hydrogens is 340 g/mol. The number of hydrogen-bond donors (Lipinski definition) is 1. The molecule has 1 aromatic rings. The SMILES string of the molecule is CCOCCOC(=O)/C(C#N)=C(\NC(C)COc1ccccc1)SC. The number of nitriles is 1. The van der Waals surface area contributed by atoms with Crippen molar-refractivity contribution in [2.45, 2.75) is 19.9 Å². The number of carbonyl (C=O) groups excluding carboxylic acids is 1.